The van der Waals surface area contributed by atoms with Crippen LogP contribution in [0.3, 0.4) is 0 Å². The molecular weight excluding hydrogens is 218 g/mol. The first-order valence-electron chi connectivity index (χ1n) is 5.71. The van der Waals surface area contributed by atoms with Crippen LogP contribution in [0, 0.1) is 0 Å². The van der Waals surface area contributed by atoms with E-state index in [-0.39, 0.29) is 18.6 Å². The van der Waals surface area contributed by atoms with Gasteiger partial charge in [0.05, 0.1) is 13.2 Å². The third-order valence-corrected chi connectivity index (χ3v) is 2.85. The Labute approximate surface area is 101 Å². The first-order chi connectivity index (χ1) is 8.19. The van der Waals surface area contributed by atoms with Crippen molar-refractivity contribution in [3.63, 3.8) is 0 Å². The summed E-state index contributed by atoms with van der Waals surface area (Å²) in [7, 11) is 1.64. The lowest BCUT2D eigenvalue weighted by molar-refractivity contribution is -0.148. The SMILES string of the molecule is COc1ccc(CN2C[C@H](C)OCC2=O)cc1. The van der Waals surface area contributed by atoms with Crippen LogP contribution in [0.25, 0.3) is 0 Å². The molecule has 0 aliphatic carbocycles. The summed E-state index contributed by atoms with van der Waals surface area (Å²) in [5, 5.41) is 0. The number of methoxy groups -OCH3 is 1. The van der Waals surface area contributed by atoms with Gasteiger partial charge in [0.15, 0.2) is 0 Å². The van der Waals surface area contributed by atoms with Crippen LogP contribution in [0.15, 0.2) is 24.3 Å². The molecule has 0 spiro atoms. The third kappa shape index (κ3) is 2.97. The van der Waals surface area contributed by atoms with Gasteiger partial charge < -0.3 is 14.4 Å². The molecule has 1 aliphatic rings. The van der Waals surface area contributed by atoms with Gasteiger partial charge in [0, 0.05) is 13.1 Å². The average Bonchev–Trinajstić information content (AvgIpc) is 2.35. The van der Waals surface area contributed by atoms with Gasteiger partial charge in [-0.05, 0) is 24.6 Å². The molecule has 1 saturated heterocycles. The first-order valence-corrected chi connectivity index (χ1v) is 5.71. The minimum atomic E-state index is 0.0546. The summed E-state index contributed by atoms with van der Waals surface area (Å²) in [6.07, 6.45) is 0.117. The van der Waals surface area contributed by atoms with Gasteiger partial charge in [-0.2, -0.15) is 0 Å². The van der Waals surface area contributed by atoms with E-state index in [1.807, 2.05) is 36.1 Å². The first kappa shape index (κ1) is 11.9. The van der Waals surface area contributed by atoms with Crippen molar-refractivity contribution in [3.8, 4) is 5.75 Å². The third-order valence-electron chi connectivity index (χ3n) is 2.85. The van der Waals surface area contributed by atoms with Gasteiger partial charge in [-0.1, -0.05) is 12.1 Å². The van der Waals surface area contributed by atoms with Gasteiger partial charge in [0.2, 0.25) is 5.91 Å². The largest absolute Gasteiger partial charge is 0.497 e. The van der Waals surface area contributed by atoms with Crippen LogP contribution in [0.1, 0.15) is 12.5 Å². The number of amides is 1. The summed E-state index contributed by atoms with van der Waals surface area (Å²) in [4.78, 5) is 13.5. The van der Waals surface area contributed by atoms with Gasteiger partial charge in [-0.3, -0.25) is 4.79 Å². The Morgan fingerprint density at radius 2 is 2.12 bits per heavy atom. The molecule has 4 nitrogen and oxygen atoms in total. The molecule has 0 N–H and O–H groups in total. The zero-order valence-electron chi connectivity index (χ0n) is 10.2. The second-order valence-electron chi connectivity index (χ2n) is 4.24. The van der Waals surface area contributed by atoms with Gasteiger partial charge in [-0.25, -0.2) is 0 Å². The predicted molar refractivity (Wildman–Crippen MR) is 63.8 cm³/mol. The van der Waals surface area contributed by atoms with Crippen molar-refractivity contribution in [2.75, 3.05) is 20.3 Å². The van der Waals surface area contributed by atoms with E-state index in [1.165, 1.54) is 0 Å². The number of hydrogen-bond acceptors (Lipinski definition) is 3. The predicted octanol–water partition coefficient (Wildman–Crippen LogP) is 1.44. The summed E-state index contributed by atoms with van der Waals surface area (Å²) < 4.78 is 10.4. The summed E-state index contributed by atoms with van der Waals surface area (Å²) in [5.74, 6) is 0.884. The van der Waals surface area contributed by atoms with Crippen LogP contribution in [-0.2, 0) is 16.1 Å². The summed E-state index contributed by atoms with van der Waals surface area (Å²) >= 11 is 0. The zero-order valence-corrected chi connectivity index (χ0v) is 10.2. The fourth-order valence-corrected chi connectivity index (χ4v) is 1.87. The summed E-state index contributed by atoms with van der Waals surface area (Å²) in [6, 6.07) is 7.77. The highest BCUT2D eigenvalue weighted by Gasteiger charge is 2.23. The number of hydrogen-bond donors (Lipinski definition) is 0. The summed E-state index contributed by atoms with van der Waals surface area (Å²) in [6.45, 7) is 3.46. The van der Waals surface area contributed by atoms with E-state index in [4.69, 9.17) is 9.47 Å². The molecule has 17 heavy (non-hydrogen) atoms. The molecule has 1 fully saturated rings. The maximum atomic E-state index is 11.6. The Hall–Kier alpha value is -1.55. The number of ether oxygens (including phenoxy) is 2. The number of morpholine rings is 1. The lowest BCUT2D eigenvalue weighted by atomic mass is 10.2. The van der Waals surface area contributed by atoms with Crippen LogP contribution in [0.2, 0.25) is 0 Å². The zero-order chi connectivity index (χ0) is 12.3. The molecule has 1 aliphatic heterocycles. The Morgan fingerprint density at radius 3 is 2.76 bits per heavy atom. The van der Waals surface area contributed by atoms with Crippen LogP contribution < -0.4 is 4.74 Å². The van der Waals surface area contributed by atoms with Crippen LogP contribution >= 0.6 is 0 Å². The molecule has 0 saturated carbocycles. The molecule has 1 aromatic carbocycles. The molecule has 0 bridgehead atoms. The fraction of sp³-hybridized carbons (Fsp3) is 0.462. The second-order valence-corrected chi connectivity index (χ2v) is 4.24. The Morgan fingerprint density at radius 1 is 1.41 bits per heavy atom. The van der Waals surface area contributed by atoms with Gasteiger partial charge in [0.25, 0.3) is 0 Å². The Kier molecular flexibility index (Phi) is 3.64. The van der Waals surface area contributed by atoms with E-state index < -0.39 is 0 Å². The normalized spacial score (nSPS) is 20.5. The van der Waals surface area contributed by atoms with Crippen molar-refractivity contribution in [1.29, 1.82) is 0 Å². The molecule has 92 valence electrons. The second kappa shape index (κ2) is 5.19. The molecular formula is C13H17NO3. The number of carbonyl (C=O) groups excluding carboxylic acids is 1. The number of carbonyl (C=O) groups is 1. The Balaban J connectivity index is 2.01. The molecule has 1 atom stereocenters. The highest BCUT2D eigenvalue weighted by atomic mass is 16.5. The maximum absolute atomic E-state index is 11.6. The van der Waals surface area contributed by atoms with Crippen LogP contribution in [0.4, 0.5) is 0 Å². The minimum absolute atomic E-state index is 0.0546. The minimum Gasteiger partial charge on any atom is -0.497 e. The van der Waals surface area contributed by atoms with Crippen molar-refractivity contribution >= 4 is 5.91 Å². The van der Waals surface area contributed by atoms with E-state index in [0.29, 0.717) is 13.1 Å². The molecule has 2 rings (SSSR count). The Bertz CT molecular complexity index is 388. The maximum Gasteiger partial charge on any atom is 0.248 e. The molecule has 1 heterocycles. The van der Waals surface area contributed by atoms with Crippen molar-refractivity contribution < 1.29 is 14.3 Å². The van der Waals surface area contributed by atoms with Crippen molar-refractivity contribution in [2.45, 2.75) is 19.6 Å². The van der Waals surface area contributed by atoms with E-state index in [9.17, 15) is 4.79 Å². The van der Waals surface area contributed by atoms with E-state index in [2.05, 4.69) is 0 Å². The van der Waals surface area contributed by atoms with Gasteiger partial charge in [-0.15, -0.1) is 0 Å². The lowest BCUT2D eigenvalue weighted by Gasteiger charge is -2.31. The number of rotatable bonds is 3. The van der Waals surface area contributed by atoms with Crippen molar-refractivity contribution in [1.82, 2.24) is 4.90 Å². The van der Waals surface area contributed by atoms with E-state index in [0.717, 1.165) is 11.3 Å². The van der Waals surface area contributed by atoms with Gasteiger partial charge in [0.1, 0.15) is 12.4 Å². The summed E-state index contributed by atoms with van der Waals surface area (Å²) in [5.41, 5.74) is 1.10. The lowest BCUT2D eigenvalue weighted by Crippen LogP contribution is -2.44. The highest BCUT2D eigenvalue weighted by molar-refractivity contribution is 5.78. The van der Waals surface area contributed by atoms with Gasteiger partial charge >= 0.3 is 0 Å². The highest BCUT2D eigenvalue weighted by Crippen LogP contribution is 2.15. The molecule has 0 unspecified atom stereocenters. The topological polar surface area (TPSA) is 38.8 Å². The number of nitrogens with zero attached hydrogens (tertiary/aromatic N) is 1. The van der Waals surface area contributed by atoms with Crippen molar-refractivity contribution in [3.05, 3.63) is 29.8 Å². The molecule has 1 amide bonds. The van der Waals surface area contributed by atoms with E-state index in [1.54, 1.807) is 7.11 Å². The molecule has 0 aromatic heterocycles. The standard InChI is InChI=1S/C13H17NO3/c1-10-7-14(13(15)9-17-10)8-11-3-5-12(16-2)6-4-11/h3-6,10H,7-9H2,1-2H3/t10-/m0/s1. The van der Waals surface area contributed by atoms with Crippen LogP contribution in [-0.4, -0.2) is 37.2 Å². The quantitative estimate of drug-likeness (QED) is 0.795. The fourth-order valence-electron chi connectivity index (χ4n) is 1.87. The van der Waals surface area contributed by atoms with E-state index >= 15 is 0 Å². The molecule has 0 radical (unpaired) electrons. The monoisotopic (exact) mass is 235 g/mol. The van der Waals surface area contributed by atoms with Crippen molar-refractivity contribution in [2.24, 2.45) is 0 Å². The number of benzene rings is 1. The molecule has 4 heteroatoms. The van der Waals surface area contributed by atoms with Crippen LogP contribution in [0.5, 0.6) is 5.75 Å². The molecule has 1 aromatic rings. The smallest absolute Gasteiger partial charge is 0.248 e. The average molecular weight is 235 g/mol.